The van der Waals surface area contributed by atoms with Crippen molar-refractivity contribution in [3.8, 4) is 11.1 Å². The summed E-state index contributed by atoms with van der Waals surface area (Å²) in [5.74, 6) is -2.07. The van der Waals surface area contributed by atoms with Crippen molar-refractivity contribution in [1.29, 1.82) is 0 Å². The highest BCUT2D eigenvalue weighted by Gasteiger charge is 2.35. The lowest BCUT2D eigenvalue weighted by Gasteiger charge is -2.13. The van der Waals surface area contributed by atoms with Gasteiger partial charge in [0.05, 0.1) is 23.4 Å². The summed E-state index contributed by atoms with van der Waals surface area (Å²) in [5, 5.41) is 8.54. The van der Waals surface area contributed by atoms with E-state index in [1.165, 1.54) is 29.2 Å². The standard InChI is InChI=1S/C23H18F4N6O3/c1-2-36-21(34)14-10-33-19(20(28)29-11-30-33)17(14)12-6-8-13(9-7-12)31-22(35)32-16-5-3-4-15(18(16)24)23(25,26)27/h3-11H,2H2,1H3,(H2,28,29,30)(H2,31,32,35). The molecular formula is C23H18F4N6O3. The van der Waals surface area contributed by atoms with E-state index in [9.17, 15) is 27.2 Å². The molecule has 9 nitrogen and oxygen atoms in total. The molecule has 2 amide bonds. The summed E-state index contributed by atoms with van der Waals surface area (Å²) in [6.45, 7) is 1.81. The number of esters is 1. The highest BCUT2D eigenvalue weighted by Crippen LogP contribution is 2.35. The van der Waals surface area contributed by atoms with Crippen molar-refractivity contribution < 1.29 is 31.9 Å². The van der Waals surface area contributed by atoms with Crippen LogP contribution >= 0.6 is 0 Å². The third kappa shape index (κ3) is 4.76. The van der Waals surface area contributed by atoms with Gasteiger partial charge in [-0.05, 0) is 36.8 Å². The number of nitrogens with two attached hydrogens (primary N) is 1. The molecule has 0 bridgehead atoms. The number of nitrogen functional groups attached to an aromatic ring is 1. The van der Waals surface area contributed by atoms with E-state index in [0.29, 0.717) is 22.7 Å². The van der Waals surface area contributed by atoms with Gasteiger partial charge < -0.3 is 21.1 Å². The van der Waals surface area contributed by atoms with E-state index in [4.69, 9.17) is 10.5 Å². The molecule has 0 radical (unpaired) electrons. The summed E-state index contributed by atoms with van der Waals surface area (Å²) >= 11 is 0. The molecule has 0 spiro atoms. The molecule has 0 saturated carbocycles. The number of hydrogen-bond acceptors (Lipinski definition) is 6. The van der Waals surface area contributed by atoms with Crippen LogP contribution in [0.25, 0.3) is 16.6 Å². The summed E-state index contributed by atoms with van der Waals surface area (Å²) in [5.41, 5.74) is 5.64. The van der Waals surface area contributed by atoms with Gasteiger partial charge in [0.15, 0.2) is 11.6 Å². The van der Waals surface area contributed by atoms with Crippen LogP contribution in [0.1, 0.15) is 22.8 Å². The Morgan fingerprint density at radius 2 is 1.83 bits per heavy atom. The molecule has 0 aliphatic rings. The predicted octanol–water partition coefficient (Wildman–Crippen LogP) is 4.96. The summed E-state index contributed by atoms with van der Waals surface area (Å²) in [7, 11) is 0. The summed E-state index contributed by atoms with van der Waals surface area (Å²) in [4.78, 5) is 28.8. The number of rotatable bonds is 5. The van der Waals surface area contributed by atoms with Crippen LogP contribution in [0, 0.1) is 5.82 Å². The van der Waals surface area contributed by atoms with Gasteiger partial charge in [0.1, 0.15) is 11.8 Å². The molecular weight excluding hydrogens is 484 g/mol. The lowest BCUT2D eigenvalue weighted by molar-refractivity contribution is -0.139. The monoisotopic (exact) mass is 502 g/mol. The molecule has 4 N–H and O–H groups in total. The first-order valence-electron chi connectivity index (χ1n) is 10.4. The number of carbonyl (C=O) groups is 2. The molecule has 186 valence electrons. The molecule has 0 unspecified atom stereocenters. The Hall–Kier alpha value is -4.68. The van der Waals surface area contributed by atoms with Gasteiger partial charge in [0, 0.05) is 17.4 Å². The predicted molar refractivity (Wildman–Crippen MR) is 123 cm³/mol. The number of anilines is 3. The number of urea groups is 1. The van der Waals surface area contributed by atoms with Crippen molar-refractivity contribution in [3.63, 3.8) is 0 Å². The number of fused-ring (bicyclic) bond motifs is 1. The van der Waals surface area contributed by atoms with E-state index in [1.807, 2.05) is 0 Å². The number of benzene rings is 2. The number of amides is 2. The number of hydrogen-bond donors (Lipinski definition) is 3. The van der Waals surface area contributed by atoms with Crippen LogP contribution < -0.4 is 16.4 Å². The molecule has 0 atom stereocenters. The molecule has 2 aromatic heterocycles. The third-order valence-electron chi connectivity index (χ3n) is 5.08. The van der Waals surface area contributed by atoms with Gasteiger partial charge >= 0.3 is 18.2 Å². The van der Waals surface area contributed by atoms with Crippen LogP contribution in [0.4, 0.5) is 39.5 Å². The zero-order chi connectivity index (χ0) is 26.0. The van der Waals surface area contributed by atoms with Crippen molar-refractivity contribution in [3.05, 3.63) is 71.9 Å². The first-order chi connectivity index (χ1) is 17.1. The lowest BCUT2D eigenvalue weighted by Crippen LogP contribution is -2.21. The van der Waals surface area contributed by atoms with Crippen LogP contribution in [-0.2, 0) is 10.9 Å². The Bertz CT molecular complexity index is 1450. The number of carbonyl (C=O) groups excluding carboxylic acids is 2. The summed E-state index contributed by atoms with van der Waals surface area (Å²) in [6, 6.07) is 7.72. The maximum Gasteiger partial charge on any atom is 0.419 e. The van der Waals surface area contributed by atoms with Gasteiger partial charge in [-0.25, -0.2) is 23.5 Å². The maximum atomic E-state index is 14.2. The zero-order valence-corrected chi connectivity index (χ0v) is 18.6. The van der Waals surface area contributed by atoms with Crippen LogP contribution in [-0.4, -0.2) is 33.2 Å². The molecule has 36 heavy (non-hydrogen) atoms. The van der Waals surface area contributed by atoms with Gasteiger partial charge in [-0.15, -0.1) is 0 Å². The van der Waals surface area contributed by atoms with E-state index in [0.717, 1.165) is 12.1 Å². The molecule has 0 fully saturated rings. The number of aromatic nitrogens is 3. The zero-order valence-electron chi connectivity index (χ0n) is 18.6. The third-order valence-corrected chi connectivity index (χ3v) is 5.08. The lowest BCUT2D eigenvalue weighted by atomic mass is 10.0. The molecule has 4 rings (SSSR count). The topological polar surface area (TPSA) is 124 Å². The fourth-order valence-corrected chi connectivity index (χ4v) is 3.54. The van der Waals surface area contributed by atoms with Gasteiger partial charge in [-0.3, -0.25) is 0 Å². The van der Waals surface area contributed by atoms with Gasteiger partial charge in [0.2, 0.25) is 0 Å². The number of nitrogens with zero attached hydrogens (tertiary/aromatic N) is 3. The molecule has 4 aromatic rings. The molecule has 2 heterocycles. The smallest absolute Gasteiger partial charge is 0.419 e. The van der Waals surface area contributed by atoms with Crippen LogP contribution in [0.2, 0.25) is 0 Å². The molecule has 13 heteroatoms. The van der Waals surface area contributed by atoms with Crippen molar-refractivity contribution in [2.45, 2.75) is 13.1 Å². The fourth-order valence-electron chi connectivity index (χ4n) is 3.54. The normalized spacial score (nSPS) is 11.4. The Kier molecular flexibility index (Phi) is 6.47. The quantitative estimate of drug-likeness (QED) is 0.262. The minimum absolute atomic E-state index is 0.125. The van der Waals surface area contributed by atoms with Gasteiger partial charge in [0.25, 0.3) is 0 Å². The SMILES string of the molecule is CCOC(=O)c1cn2ncnc(N)c2c1-c1ccc(NC(=O)Nc2cccc(C(F)(F)F)c2F)cc1. The van der Waals surface area contributed by atoms with E-state index in [-0.39, 0.29) is 23.7 Å². The van der Waals surface area contributed by atoms with E-state index in [1.54, 1.807) is 19.1 Å². The molecule has 2 aromatic carbocycles. The first-order valence-corrected chi connectivity index (χ1v) is 10.4. The van der Waals surface area contributed by atoms with E-state index >= 15 is 0 Å². The van der Waals surface area contributed by atoms with Crippen LogP contribution in [0.3, 0.4) is 0 Å². The second-order valence-electron chi connectivity index (χ2n) is 7.40. The van der Waals surface area contributed by atoms with Crippen molar-refractivity contribution >= 4 is 34.7 Å². The van der Waals surface area contributed by atoms with Gasteiger partial charge in [-0.2, -0.15) is 18.3 Å². The van der Waals surface area contributed by atoms with Crippen LogP contribution in [0.5, 0.6) is 0 Å². The number of alkyl halides is 3. The minimum Gasteiger partial charge on any atom is -0.462 e. The van der Waals surface area contributed by atoms with Crippen LogP contribution in [0.15, 0.2) is 55.0 Å². The average molecular weight is 502 g/mol. The second-order valence-corrected chi connectivity index (χ2v) is 7.40. The van der Waals surface area contributed by atoms with Crippen molar-refractivity contribution in [2.75, 3.05) is 23.0 Å². The molecule has 0 saturated heterocycles. The van der Waals surface area contributed by atoms with E-state index in [2.05, 4.69) is 20.7 Å². The average Bonchev–Trinajstić information content (AvgIpc) is 3.21. The Morgan fingerprint density at radius 1 is 1.11 bits per heavy atom. The van der Waals surface area contributed by atoms with Gasteiger partial charge in [-0.1, -0.05) is 18.2 Å². The summed E-state index contributed by atoms with van der Waals surface area (Å²) < 4.78 is 59.4. The molecule has 0 aliphatic carbocycles. The highest BCUT2D eigenvalue weighted by molar-refractivity contribution is 6.05. The fraction of sp³-hybridized carbons (Fsp3) is 0.130. The maximum absolute atomic E-state index is 14.2. The largest absolute Gasteiger partial charge is 0.462 e. The number of nitrogens with one attached hydrogen (secondary N) is 2. The van der Waals surface area contributed by atoms with E-state index < -0.39 is 35.2 Å². The van der Waals surface area contributed by atoms with Crippen molar-refractivity contribution in [2.24, 2.45) is 0 Å². The summed E-state index contributed by atoms with van der Waals surface area (Å²) in [6.07, 6.45) is -2.21. The Labute approximate surface area is 200 Å². The number of halogens is 4. The second kappa shape index (κ2) is 9.52. The molecule has 0 aliphatic heterocycles. The number of ether oxygens (including phenoxy) is 1. The Balaban J connectivity index is 1.59. The highest BCUT2D eigenvalue weighted by atomic mass is 19.4. The Morgan fingerprint density at radius 3 is 2.50 bits per heavy atom. The van der Waals surface area contributed by atoms with Crippen molar-refractivity contribution in [1.82, 2.24) is 14.6 Å². The minimum atomic E-state index is -4.91. The first kappa shape index (κ1) is 24.4.